The Bertz CT molecular complexity index is 1200. The lowest BCUT2D eigenvalue weighted by Gasteiger charge is -2.61. The van der Waals surface area contributed by atoms with E-state index in [9.17, 15) is 24.9 Å². The molecule has 10 heteroatoms. The molecule has 0 saturated heterocycles. The monoisotopic (exact) mass is 696 g/mol. The highest BCUT2D eigenvalue weighted by atomic mass is 127. The van der Waals surface area contributed by atoms with Crippen molar-refractivity contribution in [2.75, 3.05) is 26.8 Å². The topological polar surface area (TPSA) is 129 Å². The largest absolute Gasteiger partial charge is 0.493 e. The number of nitrogens with one attached hydrogen (secondary N) is 1. The normalized spacial score (nSPS) is 29.9. The molecule has 6 unspecified atom stereocenters. The summed E-state index contributed by atoms with van der Waals surface area (Å²) >= 11 is 2.11. The zero-order chi connectivity index (χ0) is 30.2. The molecule has 5 aliphatic carbocycles. The molecule has 232 valence electrons. The minimum Gasteiger partial charge on any atom is -0.493 e. The van der Waals surface area contributed by atoms with Crippen LogP contribution in [-0.4, -0.2) is 77.1 Å². The van der Waals surface area contributed by atoms with E-state index >= 15 is 0 Å². The fourth-order valence-electron chi connectivity index (χ4n) is 7.61. The lowest BCUT2D eigenvalue weighted by Crippen LogP contribution is -2.60. The number of aliphatic hydroxyl groups is 3. The fourth-order valence-corrected chi connectivity index (χ4v) is 8.40. The summed E-state index contributed by atoms with van der Waals surface area (Å²) < 4.78 is 12.7. The molecule has 2 bridgehead atoms. The van der Waals surface area contributed by atoms with Crippen molar-refractivity contribution in [2.24, 2.45) is 29.1 Å². The average Bonchev–Trinajstić information content (AvgIpc) is 2.95. The molecular formula is C32H45IN2O7. The molecule has 0 heterocycles. The number of ether oxygens (including phenoxy) is 2. The van der Waals surface area contributed by atoms with E-state index in [-0.39, 0.29) is 49.3 Å². The minimum absolute atomic E-state index is 0.0491. The van der Waals surface area contributed by atoms with E-state index in [0.717, 1.165) is 38.0 Å². The second-order valence-electron chi connectivity index (χ2n) is 13.1. The number of rotatable bonds is 11. The Kier molecular flexibility index (Phi) is 9.76. The molecule has 4 fully saturated rings. The van der Waals surface area contributed by atoms with E-state index in [0.29, 0.717) is 44.6 Å². The van der Waals surface area contributed by atoms with Gasteiger partial charge in [-0.15, -0.1) is 0 Å². The number of carbonyl (C=O) groups excluding carboxylic acids is 2. The fraction of sp³-hybridized carbons (Fsp3) is 0.688. The van der Waals surface area contributed by atoms with Crippen molar-refractivity contribution in [1.29, 1.82) is 0 Å². The summed E-state index contributed by atoms with van der Waals surface area (Å²) in [5, 5.41) is 33.6. The summed E-state index contributed by atoms with van der Waals surface area (Å²) in [5.41, 5.74) is 1.34. The van der Waals surface area contributed by atoms with Gasteiger partial charge in [-0.2, -0.15) is 0 Å². The summed E-state index contributed by atoms with van der Waals surface area (Å²) in [6, 6.07) is 2.84. The van der Waals surface area contributed by atoms with Gasteiger partial charge >= 0.3 is 0 Å². The Labute approximate surface area is 262 Å². The van der Waals surface area contributed by atoms with Crippen LogP contribution in [0.2, 0.25) is 0 Å². The predicted molar refractivity (Wildman–Crippen MR) is 166 cm³/mol. The molecule has 6 atom stereocenters. The van der Waals surface area contributed by atoms with Crippen LogP contribution in [0, 0.1) is 32.7 Å². The van der Waals surface area contributed by atoms with Gasteiger partial charge in [-0.05, 0) is 102 Å². The van der Waals surface area contributed by atoms with E-state index in [2.05, 4.69) is 41.8 Å². The van der Waals surface area contributed by atoms with E-state index < -0.39 is 18.2 Å². The number of hydrogen-bond acceptors (Lipinski definition) is 7. The summed E-state index contributed by atoms with van der Waals surface area (Å²) in [6.45, 7) is 5.02. The number of halogens is 1. The Hall–Kier alpha value is -1.89. The van der Waals surface area contributed by atoms with Crippen LogP contribution in [0.25, 0.3) is 0 Å². The smallest absolute Gasteiger partial charge is 0.247 e. The first kappa shape index (κ1) is 31.5. The van der Waals surface area contributed by atoms with Crippen LogP contribution in [0.5, 0.6) is 11.5 Å². The quantitative estimate of drug-likeness (QED) is 0.261. The first-order valence-electron chi connectivity index (χ1n) is 15.3. The average molecular weight is 697 g/mol. The molecule has 1 aromatic rings. The molecule has 5 aliphatic rings. The molecule has 6 rings (SSSR count). The molecule has 0 aliphatic heterocycles. The number of hydrogen-bond donors (Lipinski definition) is 4. The van der Waals surface area contributed by atoms with Crippen LogP contribution in [0.15, 0.2) is 23.8 Å². The zero-order valence-corrected chi connectivity index (χ0v) is 27.0. The summed E-state index contributed by atoms with van der Waals surface area (Å²) in [7, 11) is 1.51. The number of nitrogens with zero attached hydrogens (tertiary/aromatic N) is 1. The van der Waals surface area contributed by atoms with Crippen LogP contribution >= 0.6 is 22.6 Å². The van der Waals surface area contributed by atoms with Gasteiger partial charge in [0.2, 0.25) is 11.8 Å². The van der Waals surface area contributed by atoms with Crippen molar-refractivity contribution >= 4 is 34.4 Å². The molecule has 2 amide bonds. The lowest BCUT2D eigenvalue weighted by molar-refractivity contribution is -0.154. The SMILES string of the molecule is COc1cc(CO)cc(I)c1OC1C=C(C(=O)NCCO)CC(N(CC2CCC3CC2C3(C)C)C(=O)C2CCC2)C1O. The molecule has 0 radical (unpaired) electrons. The first-order chi connectivity index (χ1) is 20.1. The number of aliphatic hydroxyl groups excluding tert-OH is 3. The second kappa shape index (κ2) is 13.0. The van der Waals surface area contributed by atoms with Gasteiger partial charge in [0.15, 0.2) is 11.5 Å². The van der Waals surface area contributed by atoms with Crippen LogP contribution in [0.4, 0.5) is 0 Å². The molecule has 0 spiro atoms. The maximum absolute atomic E-state index is 14.0. The number of methoxy groups -OCH3 is 1. The number of carbonyl (C=O) groups is 2. The highest BCUT2D eigenvalue weighted by Crippen LogP contribution is 2.61. The maximum Gasteiger partial charge on any atom is 0.247 e. The maximum atomic E-state index is 14.0. The Balaban J connectivity index is 1.48. The van der Waals surface area contributed by atoms with E-state index in [1.54, 1.807) is 18.2 Å². The van der Waals surface area contributed by atoms with E-state index in [1.165, 1.54) is 13.5 Å². The Morgan fingerprint density at radius 2 is 1.93 bits per heavy atom. The van der Waals surface area contributed by atoms with Gasteiger partial charge in [-0.25, -0.2) is 0 Å². The van der Waals surface area contributed by atoms with Crippen molar-refractivity contribution in [1.82, 2.24) is 10.2 Å². The summed E-state index contributed by atoms with van der Waals surface area (Å²) in [6.07, 6.45) is 6.00. The molecule has 4 saturated carbocycles. The zero-order valence-electron chi connectivity index (χ0n) is 24.9. The Morgan fingerprint density at radius 1 is 1.17 bits per heavy atom. The van der Waals surface area contributed by atoms with Gasteiger partial charge in [0.05, 0.1) is 29.9 Å². The van der Waals surface area contributed by atoms with Gasteiger partial charge in [0, 0.05) is 31.0 Å². The second-order valence-corrected chi connectivity index (χ2v) is 14.3. The third kappa shape index (κ3) is 6.05. The third-order valence-electron chi connectivity index (χ3n) is 10.5. The number of benzene rings is 1. The van der Waals surface area contributed by atoms with Crippen molar-refractivity contribution in [2.45, 2.75) is 83.6 Å². The molecule has 1 aromatic carbocycles. The first-order valence-corrected chi connectivity index (χ1v) is 16.4. The Morgan fingerprint density at radius 3 is 2.52 bits per heavy atom. The summed E-state index contributed by atoms with van der Waals surface area (Å²) in [5.74, 6) is 2.12. The molecule has 9 nitrogen and oxygen atoms in total. The lowest BCUT2D eigenvalue weighted by atomic mass is 9.45. The van der Waals surface area contributed by atoms with Crippen molar-refractivity contribution in [3.8, 4) is 11.5 Å². The van der Waals surface area contributed by atoms with Gasteiger partial charge in [0.25, 0.3) is 0 Å². The number of fused-ring (bicyclic) bond motifs is 2. The highest BCUT2D eigenvalue weighted by Gasteiger charge is 2.55. The van der Waals surface area contributed by atoms with Crippen LogP contribution in [-0.2, 0) is 16.2 Å². The van der Waals surface area contributed by atoms with Gasteiger partial charge < -0.3 is 35.0 Å². The van der Waals surface area contributed by atoms with Crippen LogP contribution in [0.3, 0.4) is 0 Å². The van der Waals surface area contributed by atoms with Crippen molar-refractivity contribution < 1.29 is 34.4 Å². The van der Waals surface area contributed by atoms with E-state index in [1.807, 2.05) is 4.90 Å². The minimum atomic E-state index is -1.08. The van der Waals surface area contributed by atoms with Crippen molar-refractivity contribution in [3.63, 3.8) is 0 Å². The van der Waals surface area contributed by atoms with Gasteiger partial charge in [0.1, 0.15) is 12.2 Å². The standard InChI is InChI=1S/C32H45IN2O7/c1-32(2)22-8-7-20(23(32)15-22)16-35(31(40)19-5-4-6-19)25-13-21(30(39)34-9-10-36)14-26(28(25)38)42-29-24(33)11-18(17-37)12-27(29)41-3/h11-12,14,19-20,22-23,25-26,28,36-38H,4-10,13,15-17H2,1-3H3,(H,34,39). The molecule has 42 heavy (non-hydrogen) atoms. The molecule has 4 N–H and O–H groups in total. The van der Waals surface area contributed by atoms with Crippen LogP contribution < -0.4 is 14.8 Å². The van der Waals surface area contributed by atoms with E-state index in [4.69, 9.17) is 9.47 Å². The molecule has 0 aromatic heterocycles. The number of amides is 2. The van der Waals surface area contributed by atoms with Crippen molar-refractivity contribution in [3.05, 3.63) is 32.9 Å². The third-order valence-corrected chi connectivity index (χ3v) is 11.3. The predicted octanol–water partition coefficient (Wildman–Crippen LogP) is 3.41. The van der Waals surface area contributed by atoms with Crippen LogP contribution in [0.1, 0.15) is 64.4 Å². The highest BCUT2D eigenvalue weighted by molar-refractivity contribution is 14.1. The molecular weight excluding hydrogens is 651 g/mol. The van der Waals surface area contributed by atoms with Gasteiger partial charge in [-0.3, -0.25) is 9.59 Å². The summed E-state index contributed by atoms with van der Waals surface area (Å²) in [4.78, 5) is 29.2. The van der Waals surface area contributed by atoms with Gasteiger partial charge in [-0.1, -0.05) is 20.3 Å².